The minimum Gasteiger partial charge on any atom is -0.338 e. The summed E-state index contributed by atoms with van der Waals surface area (Å²) in [4.78, 5) is 4.44. The Morgan fingerprint density at radius 2 is 1.92 bits per heavy atom. The number of nitrogens with zero attached hydrogens (tertiary/aromatic N) is 5. The van der Waals surface area contributed by atoms with Gasteiger partial charge in [0.15, 0.2) is 17.3 Å². The molecule has 1 atom stereocenters. The molecule has 0 radical (unpaired) electrons. The van der Waals surface area contributed by atoms with Crippen LogP contribution < -0.4 is 5.32 Å². The summed E-state index contributed by atoms with van der Waals surface area (Å²) in [6, 6.07) is 15.9. The minimum atomic E-state index is 0.00173. The third kappa shape index (κ3) is 3.41. The predicted molar refractivity (Wildman–Crippen MR) is 91.8 cm³/mol. The van der Waals surface area contributed by atoms with Crippen LogP contribution in [0.25, 0.3) is 5.65 Å². The van der Waals surface area contributed by atoms with Crippen LogP contribution in [-0.4, -0.2) is 24.7 Å². The zero-order valence-corrected chi connectivity index (χ0v) is 13.8. The van der Waals surface area contributed by atoms with Crippen LogP contribution in [0.1, 0.15) is 36.1 Å². The molecule has 25 heavy (non-hydrogen) atoms. The summed E-state index contributed by atoms with van der Waals surface area (Å²) in [5.74, 6) is 2.09. The molecule has 0 aliphatic heterocycles. The normalized spacial score (nSPS) is 12.5. The summed E-state index contributed by atoms with van der Waals surface area (Å²) in [6.07, 6.45) is 2.61. The molecular formula is C18H18N6O. The second-order valence-electron chi connectivity index (χ2n) is 5.86. The molecule has 3 aromatic heterocycles. The van der Waals surface area contributed by atoms with Gasteiger partial charge in [0.25, 0.3) is 0 Å². The number of hydrogen-bond donors (Lipinski definition) is 1. The molecule has 0 aliphatic rings. The fourth-order valence-electron chi connectivity index (χ4n) is 2.70. The SMILES string of the molecule is C[C@@H](NCc1nc(Cc2ccccc2)no1)c1nnc2ccccn12. The molecule has 0 fully saturated rings. The molecule has 4 rings (SSSR count). The van der Waals surface area contributed by atoms with Crippen molar-refractivity contribution in [3.63, 3.8) is 0 Å². The third-order valence-corrected chi connectivity index (χ3v) is 4.00. The summed E-state index contributed by atoms with van der Waals surface area (Å²) >= 11 is 0. The quantitative estimate of drug-likeness (QED) is 0.584. The number of pyridine rings is 1. The molecule has 1 N–H and O–H groups in total. The van der Waals surface area contributed by atoms with Crippen LogP contribution in [0.3, 0.4) is 0 Å². The molecular weight excluding hydrogens is 316 g/mol. The van der Waals surface area contributed by atoms with Crippen molar-refractivity contribution < 1.29 is 4.52 Å². The Bertz CT molecular complexity index is 962. The maximum atomic E-state index is 5.33. The fraction of sp³-hybridized carbons (Fsp3) is 0.222. The van der Waals surface area contributed by atoms with Crippen molar-refractivity contribution in [3.05, 3.63) is 77.8 Å². The molecule has 0 spiro atoms. The molecule has 0 aliphatic carbocycles. The molecule has 0 saturated carbocycles. The molecule has 0 bridgehead atoms. The second-order valence-corrected chi connectivity index (χ2v) is 5.86. The van der Waals surface area contributed by atoms with Crippen LogP contribution in [0.5, 0.6) is 0 Å². The maximum absolute atomic E-state index is 5.33. The summed E-state index contributed by atoms with van der Waals surface area (Å²) in [5.41, 5.74) is 1.99. The van der Waals surface area contributed by atoms with Gasteiger partial charge in [0.2, 0.25) is 5.89 Å². The van der Waals surface area contributed by atoms with Crippen molar-refractivity contribution in [1.82, 2.24) is 30.1 Å². The molecule has 7 heteroatoms. The Balaban J connectivity index is 1.40. The highest BCUT2D eigenvalue weighted by Gasteiger charge is 2.14. The van der Waals surface area contributed by atoms with E-state index >= 15 is 0 Å². The molecule has 0 saturated heterocycles. The first-order chi connectivity index (χ1) is 12.3. The van der Waals surface area contributed by atoms with Gasteiger partial charge in [0, 0.05) is 12.6 Å². The van der Waals surface area contributed by atoms with E-state index in [9.17, 15) is 0 Å². The third-order valence-electron chi connectivity index (χ3n) is 4.00. The van der Waals surface area contributed by atoms with Gasteiger partial charge >= 0.3 is 0 Å². The van der Waals surface area contributed by atoms with Gasteiger partial charge in [-0.1, -0.05) is 41.6 Å². The van der Waals surface area contributed by atoms with Gasteiger partial charge in [-0.05, 0) is 24.6 Å². The number of nitrogens with one attached hydrogen (secondary N) is 1. The number of aromatic nitrogens is 5. The first kappa shape index (κ1) is 15.5. The second kappa shape index (κ2) is 6.82. The lowest BCUT2D eigenvalue weighted by molar-refractivity contribution is 0.355. The van der Waals surface area contributed by atoms with Crippen molar-refractivity contribution in [1.29, 1.82) is 0 Å². The van der Waals surface area contributed by atoms with Crippen LogP contribution in [0.2, 0.25) is 0 Å². The lowest BCUT2D eigenvalue weighted by Crippen LogP contribution is -2.20. The smallest absolute Gasteiger partial charge is 0.240 e. The summed E-state index contributed by atoms with van der Waals surface area (Å²) in [7, 11) is 0. The van der Waals surface area contributed by atoms with E-state index in [1.54, 1.807) is 0 Å². The Morgan fingerprint density at radius 1 is 1.08 bits per heavy atom. The van der Waals surface area contributed by atoms with Crippen LogP contribution in [0.15, 0.2) is 59.3 Å². The molecule has 0 unspecified atom stereocenters. The van der Waals surface area contributed by atoms with Gasteiger partial charge in [-0.3, -0.25) is 9.72 Å². The van der Waals surface area contributed by atoms with Gasteiger partial charge in [0.05, 0.1) is 12.6 Å². The zero-order chi connectivity index (χ0) is 17.1. The van der Waals surface area contributed by atoms with E-state index < -0.39 is 0 Å². The number of fused-ring (bicyclic) bond motifs is 1. The van der Waals surface area contributed by atoms with Crippen molar-refractivity contribution >= 4 is 5.65 Å². The average Bonchev–Trinajstić information content (AvgIpc) is 3.27. The van der Waals surface area contributed by atoms with Crippen molar-refractivity contribution in [2.75, 3.05) is 0 Å². The van der Waals surface area contributed by atoms with Gasteiger partial charge in [0.1, 0.15) is 0 Å². The largest absolute Gasteiger partial charge is 0.338 e. The maximum Gasteiger partial charge on any atom is 0.240 e. The highest BCUT2D eigenvalue weighted by Crippen LogP contribution is 2.13. The van der Waals surface area contributed by atoms with Gasteiger partial charge < -0.3 is 4.52 Å². The topological polar surface area (TPSA) is 81.1 Å². The predicted octanol–water partition coefficient (Wildman–Crippen LogP) is 2.55. The Hall–Kier alpha value is -3.06. The van der Waals surface area contributed by atoms with E-state index in [0.717, 1.165) is 17.0 Å². The minimum absolute atomic E-state index is 0.00173. The van der Waals surface area contributed by atoms with Crippen LogP contribution in [0.4, 0.5) is 0 Å². The zero-order valence-electron chi connectivity index (χ0n) is 13.8. The van der Waals surface area contributed by atoms with Crippen molar-refractivity contribution in [2.45, 2.75) is 25.9 Å². The van der Waals surface area contributed by atoms with E-state index in [0.29, 0.717) is 24.7 Å². The van der Waals surface area contributed by atoms with Crippen molar-refractivity contribution in [3.8, 4) is 0 Å². The van der Waals surface area contributed by atoms with E-state index in [1.165, 1.54) is 0 Å². The highest BCUT2D eigenvalue weighted by molar-refractivity contribution is 5.37. The highest BCUT2D eigenvalue weighted by atomic mass is 16.5. The molecule has 4 aromatic rings. The van der Waals surface area contributed by atoms with Crippen LogP contribution >= 0.6 is 0 Å². The van der Waals surface area contributed by atoms with Gasteiger partial charge in [-0.2, -0.15) is 4.98 Å². The van der Waals surface area contributed by atoms with Crippen LogP contribution in [0, 0.1) is 0 Å². The van der Waals surface area contributed by atoms with E-state index in [-0.39, 0.29) is 6.04 Å². The van der Waals surface area contributed by atoms with Crippen molar-refractivity contribution in [2.24, 2.45) is 0 Å². The summed E-state index contributed by atoms with van der Waals surface area (Å²) in [5, 5.41) is 15.8. The Kier molecular flexibility index (Phi) is 4.22. The van der Waals surface area contributed by atoms with E-state index in [1.807, 2.05) is 66.1 Å². The summed E-state index contributed by atoms with van der Waals surface area (Å²) < 4.78 is 7.29. The fourth-order valence-corrected chi connectivity index (χ4v) is 2.70. The van der Waals surface area contributed by atoms with Crippen LogP contribution in [-0.2, 0) is 13.0 Å². The monoisotopic (exact) mass is 334 g/mol. The molecule has 126 valence electrons. The lowest BCUT2D eigenvalue weighted by atomic mass is 10.1. The van der Waals surface area contributed by atoms with E-state index in [4.69, 9.17) is 4.52 Å². The van der Waals surface area contributed by atoms with E-state index in [2.05, 4.69) is 25.7 Å². The summed E-state index contributed by atoms with van der Waals surface area (Å²) in [6.45, 7) is 2.51. The molecule has 0 amide bonds. The molecule has 7 nitrogen and oxygen atoms in total. The Morgan fingerprint density at radius 3 is 2.80 bits per heavy atom. The number of hydrogen-bond acceptors (Lipinski definition) is 6. The van der Waals surface area contributed by atoms with Gasteiger partial charge in [-0.15, -0.1) is 10.2 Å². The number of rotatable bonds is 6. The first-order valence-corrected chi connectivity index (χ1v) is 8.18. The average molecular weight is 334 g/mol. The molecule has 1 aromatic carbocycles. The van der Waals surface area contributed by atoms with Gasteiger partial charge in [-0.25, -0.2) is 0 Å². The lowest BCUT2D eigenvalue weighted by Gasteiger charge is -2.10. The molecule has 3 heterocycles. The first-order valence-electron chi connectivity index (χ1n) is 8.18. The Labute approximate surface area is 144 Å². The standard InChI is InChI=1S/C18H18N6O/c1-13(18-22-21-16-9-5-6-10-24(16)18)19-12-17-20-15(23-25-17)11-14-7-3-2-4-8-14/h2-10,13,19H,11-12H2,1H3/t13-/m1/s1. The number of benzene rings is 1.